The zero-order valence-electron chi connectivity index (χ0n) is 19.2. The molecule has 1 aromatic carbocycles. The molecule has 2 aromatic rings. The Morgan fingerprint density at radius 1 is 1.21 bits per heavy atom. The summed E-state index contributed by atoms with van der Waals surface area (Å²) in [5, 5.41) is 2.79. The number of sulfonamides is 1. The first kappa shape index (κ1) is 24.7. The van der Waals surface area contributed by atoms with Crippen LogP contribution in [0.5, 0.6) is 0 Å². The van der Waals surface area contributed by atoms with Gasteiger partial charge in [-0.2, -0.15) is 4.31 Å². The number of piperidine rings is 1. The van der Waals surface area contributed by atoms with Gasteiger partial charge >= 0.3 is 0 Å². The Bertz CT molecular complexity index is 1110. The molecular weight excluding hydrogens is 442 g/mol. The number of hydrogen-bond donors (Lipinski definition) is 2. The first-order valence-corrected chi connectivity index (χ1v) is 12.5. The lowest BCUT2D eigenvalue weighted by molar-refractivity contribution is -0.122. The molecule has 0 radical (unpaired) electrons. The minimum absolute atomic E-state index is 0.0875. The lowest BCUT2D eigenvalue weighted by atomic mass is 9.97. The second-order valence-electron chi connectivity index (χ2n) is 8.11. The standard InChI is InChI=1S/C23H31N5O4S/c1-4-28(5-2)33(31,32)19-10-8-16(3)20(13-19)23(30)26-18-9-11-21(25-14-18)27-12-6-7-17(15-27)22(24)29/h8-11,13-14,17H,4-7,12,15H2,1-3H3,(H2,24,29)(H,26,30). The normalized spacial score (nSPS) is 16.6. The molecule has 0 saturated carbocycles. The van der Waals surface area contributed by atoms with E-state index in [0.29, 0.717) is 36.7 Å². The van der Waals surface area contributed by atoms with Crippen LogP contribution in [0.25, 0.3) is 0 Å². The zero-order valence-corrected chi connectivity index (χ0v) is 20.1. The van der Waals surface area contributed by atoms with Gasteiger partial charge in [-0.05, 0) is 49.6 Å². The molecule has 2 heterocycles. The van der Waals surface area contributed by atoms with Crippen LogP contribution in [0.3, 0.4) is 0 Å². The Morgan fingerprint density at radius 3 is 2.55 bits per heavy atom. The number of hydrogen-bond acceptors (Lipinski definition) is 6. The van der Waals surface area contributed by atoms with Crippen LogP contribution in [0, 0.1) is 12.8 Å². The molecule has 0 aliphatic carbocycles. The van der Waals surface area contributed by atoms with Crippen molar-refractivity contribution in [3.8, 4) is 0 Å². The number of primary amides is 1. The molecule has 10 heteroatoms. The zero-order chi connectivity index (χ0) is 24.2. The predicted octanol–water partition coefficient (Wildman–Crippen LogP) is 2.37. The second-order valence-corrected chi connectivity index (χ2v) is 10.1. The number of aromatic nitrogens is 1. The fraction of sp³-hybridized carbons (Fsp3) is 0.435. The molecule has 1 aliphatic heterocycles. The van der Waals surface area contributed by atoms with Crippen LogP contribution in [-0.4, -0.2) is 55.7 Å². The van der Waals surface area contributed by atoms with E-state index in [0.717, 1.165) is 19.4 Å². The van der Waals surface area contributed by atoms with E-state index in [2.05, 4.69) is 10.3 Å². The van der Waals surface area contributed by atoms with Crippen LogP contribution in [0.4, 0.5) is 11.5 Å². The highest BCUT2D eigenvalue weighted by atomic mass is 32.2. The van der Waals surface area contributed by atoms with Gasteiger partial charge in [0, 0.05) is 31.7 Å². The van der Waals surface area contributed by atoms with E-state index in [1.807, 2.05) is 4.90 Å². The Hall–Kier alpha value is -2.98. The fourth-order valence-electron chi connectivity index (χ4n) is 3.98. The van der Waals surface area contributed by atoms with Crippen molar-refractivity contribution in [3.05, 3.63) is 47.7 Å². The van der Waals surface area contributed by atoms with E-state index in [-0.39, 0.29) is 22.3 Å². The van der Waals surface area contributed by atoms with Crippen molar-refractivity contribution in [2.24, 2.45) is 11.7 Å². The Kier molecular flexibility index (Phi) is 7.70. The van der Waals surface area contributed by atoms with E-state index in [1.165, 1.54) is 16.4 Å². The summed E-state index contributed by atoms with van der Waals surface area (Å²) in [6, 6.07) is 8.09. The van der Waals surface area contributed by atoms with Crippen molar-refractivity contribution < 1.29 is 18.0 Å². The van der Waals surface area contributed by atoms with Gasteiger partial charge < -0.3 is 16.0 Å². The van der Waals surface area contributed by atoms with E-state index in [4.69, 9.17) is 5.73 Å². The van der Waals surface area contributed by atoms with Gasteiger partial charge in [0.25, 0.3) is 5.91 Å². The summed E-state index contributed by atoms with van der Waals surface area (Å²) in [6.07, 6.45) is 3.19. The molecule has 178 valence electrons. The van der Waals surface area contributed by atoms with E-state index in [9.17, 15) is 18.0 Å². The first-order valence-electron chi connectivity index (χ1n) is 11.1. The number of carbonyl (C=O) groups is 2. The number of anilines is 2. The minimum Gasteiger partial charge on any atom is -0.369 e. The number of nitrogens with zero attached hydrogens (tertiary/aromatic N) is 3. The molecule has 3 N–H and O–H groups in total. The third kappa shape index (κ3) is 5.51. The summed E-state index contributed by atoms with van der Waals surface area (Å²) in [6.45, 7) is 7.33. The van der Waals surface area contributed by atoms with Gasteiger partial charge in [-0.15, -0.1) is 0 Å². The van der Waals surface area contributed by atoms with Crippen molar-refractivity contribution in [3.63, 3.8) is 0 Å². The molecule has 1 saturated heterocycles. The molecule has 1 aromatic heterocycles. The Labute approximate surface area is 195 Å². The lowest BCUT2D eigenvalue weighted by Crippen LogP contribution is -2.41. The van der Waals surface area contributed by atoms with Crippen LogP contribution in [0.2, 0.25) is 0 Å². The molecule has 0 spiro atoms. The second kappa shape index (κ2) is 10.3. The van der Waals surface area contributed by atoms with Crippen LogP contribution >= 0.6 is 0 Å². The van der Waals surface area contributed by atoms with Crippen molar-refractivity contribution >= 4 is 33.3 Å². The van der Waals surface area contributed by atoms with Gasteiger partial charge in [-0.1, -0.05) is 19.9 Å². The summed E-state index contributed by atoms with van der Waals surface area (Å²) >= 11 is 0. The number of amides is 2. The molecule has 3 rings (SSSR count). The average molecular weight is 474 g/mol. The van der Waals surface area contributed by atoms with Gasteiger partial charge in [0.2, 0.25) is 15.9 Å². The highest BCUT2D eigenvalue weighted by Crippen LogP contribution is 2.24. The summed E-state index contributed by atoms with van der Waals surface area (Å²) < 4.78 is 27.0. The van der Waals surface area contributed by atoms with Crippen LogP contribution in [-0.2, 0) is 14.8 Å². The quantitative estimate of drug-likeness (QED) is 0.606. The largest absolute Gasteiger partial charge is 0.369 e. The highest BCUT2D eigenvalue weighted by molar-refractivity contribution is 7.89. The Balaban J connectivity index is 1.76. The first-order chi connectivity index (χ1) is 15.7. The van der Waals surface area contributed by atoms with Crippen LogP contribution in [0.15, 0.2) is 41.4 Å². The average Bonchev–Trinajstić information content (AvgIpc) is 2.80. The van der Waals surface area contributed by atoms with Crippen molar-refractivity contribution in [1.29, 1.82) is 0 Å². The molecule has 2 amide bonds. The topological polar surface area (TPSA) is 126 Å². The lowest BCUT2D eigenvalue weighted by Gasteiger charge is -2.32. The summed E-state index contributed by atoms with van der Waals surface area (Å²) in [5.41, 5.74) is 6.89. The minimum atomic E-state index is -3.67. The molecule has 1 aliphatic rings. The Morgan fingerprint density at radius 2 is 1.94 bits per heavy atom. The molecule has 33 heavy (non-hydrogen) atoms. The van der Waals surface area contributed by atoms with Crippen molar-refractivity contribution in [2.45, 2.75) is 38.5 Å². The fourth-order valence-corrected chi connectivity index (χ4v) is 5.47. The van der Waals surface area contributed by atoms with E-state index >= 15 is 0 Å². The number of pyridine rings is 1. The van der Waals surface area contributed by atoms with Gasteiger partial charge in [-0.3, -0.25) is 9.59 Å². The molecular formula is C23H31N5O4S. The highest BCUT2D eigenvalue weighted by Gasteiger charge is 2.25. The smallest absolute Gasteiger partial charge is 0.256 e. The number of carbonyl (C=O) groups excluding carboxylic acids is 2. The van der Waals surface area contributed by atoms with Crippen LogP contribution in [0.1, 0.15) is 42.6 Å². The molecule has 1 unspecified atom stereocenters. The maximum absolute atomic E-state index is 12.9. The van der Waals surface area contributed by atoms with Gasteiger partial charge in [0.15, 0.2) is 0 Å². The monoisotopic (exact) mass is 473 g/mol. The summed E-state index contributed by atoms with van der Waals surface area (Å²) in [7, 11) is -3.67. The third-order valence-electron chi connectivity index (χ3n) is 5.95. The van der Waals surface area contributed by atoms with Crippen LogP contribution < -0.4 is 16.0 Å². The van der Waals surface area contributed by atoms with Crippen molar-refractivity contribution in [2.75, 3.05) is 36.4 Å². The molecule has 1 atom stereocenters. The number of nitrogens with one attached hydrogen (secondary N) is 1. The maximum atomic E-state index is 12.9. The summed E-state index contributed by atoms with van der Waals surface area (Å²) in [5.74, 6) is -0.195. The van der Waals surface area contributed by atoms with Crippen molar-refractivity contribution in [1.82, 2.24) is 9.29 Å². The predicted molar refractivity (Wildman–Crippen MR) is 128 cm³/mol. The SMILES string of the molecule is CCN(CC)S(=O)(=O)c1ccc(C)c(C(=O)Nc2ccc(N3CCCC(C(N)=O)C3)nc2)c1. The van der Waals surface area contributed by atoms with Gasteiger partial charge in [0.1, 0.15) is 5.82 Å². The van der Waals surface area contributed by atoms with E-state index < -0.39 is 15.9 Å². The number of rotatable bonds is 8. The number of aryl methyl sites for hydroxylation is 1. The number of nitrogens with two attached hydrogens (primary N) is 1. The molecule has 1 fully saturated rings. The molecule has 9 nitrogen and oxygen atoms in total. The maximum Gasteiger partial charge on any atom is 0.256 e. The van der Waals surface area contributed by atoms with E-state index in [1.54, 1.807) is 45.2 Å². The van der Waals surface area contributed by atoms with Gasteiger partial charge in [0.05, 0.1) is 22.7 Å². The number of benzene rings is 1. The molecule has 0 bridgehead atoms. The third-order valence-corrected chi connectivity index (χ3v) is 8.00. The van der Waals surface area contributed by atoms with Gasteiger partial charge in [-0.25, -0.2) is 13.4 Å². The summed E-state index contributed by atoms with van der Waals surface area (Å²) in [4.78, 5) is 31.0.